The van der Waals surface area contributed by atoms with Crippen LogP contribution in [0.3, 0.4) is 0 Å². The van der Waals surface area contributed by atoms with E-state index in [1.807, 2.05) is 4.90 Å². The van der Waals surface area contributed by atoms with Crippen molar-refractivity contribution in [1.29, 1.82) is 0 Å². The first-order valence-corrected chi connectivity index (χ1v) is 3.83. The van der Waals surface area contributed by atoms with Gasteiger partial charge in [0.1, 0.15) is 0 Å². The van der Waals surface area contributed by atoms with E-state index in [-0.39, 0.29) is 5.97 Å². The number of carbonyl (C=O) groups excluding carboxylic acids is 1. The average molecular weight is 158 g/mol. The second kappa shape index (κ2) is 4.31. The van der Waals surface area contributed by atoms with Gasteiger partial charge in [0.2, 0.25) is 0 Å². The van der Waals surface area contributed by atoms with Gasteiger partial charge in [-0.3, -0.25) is 9.69 Å². The molecule has 0 aromatic rings. The second-order valence-electron chi connectivity index (χ2n) is 2.64. The number of ether oxygens (including phenoxy) is 1. The minimum atomic E-state index is -0.159. The van der Waals surface area contributed by atoms with Crippen LogP contribution < -0.4 is 5.32 Å². The van der Waals surface area contributed by atoms with E-state index < -0.39 is 0 Å². The molecule has 4 nitrogen and oxygen atoms in total. The van der Waals surface area contributed by atoms with Crippen molar-refractivity contribution in [3.05, 3.63) is 0 Å². The minimum absolute atomic E-state index is 0.159. The summed E-state index contributed by atoms with van der Waals surface area (Å²) in [5.41, 5.74) is 0. The van der Waals surface area contributed by atoms with Crippen molar-refractivity contribution >= 4 is 5.97 Å². The highest BCUT2D eigenvalue weighted by Gasteiger charge is 2.12. The smallest absolute Gasteiger partial charge is 0.319 e. The topological polar surface area (TPSA) is 41.6 Å². The lowest BCUT2D eigenvalue weighted by atomic mass is 10.3. The lowest BCUT2D eigenvalue weighted by Gasteiger charge is -2.25. The molecule has 11 heavy (non-hydrogen) atoms. The molecule has 0 spiro atoms. The molecule has 1 fully saturated rings. The Morgan fingerprint density at radius 1 is 1.73 bits per heavy atom. The van der Waals surface area contributed by atoms with Gasteiger partial charge in [-0.05, 0) is 13.0 Å². The maximum Gasteiger partial charge on any atom is 0.319 e. The zero-order valence-electron chi connectivity index (χ0n) is 6.80. The van der Waals surface area contributed by atoms with Crippen molar-refractivity contribution in [2.45, 2.75) is 6.42 Å². The van der Waals surface area contributed by atoms with Crippen molar-refractivity contribution < 1.29 is 9.53 Å². The van der Waals surface area contributed by atoms with Crippen LogP contribution in [0.4, 0.5) is 0 Å². The van der Waals surface area contributed by atoms with Gasteiger partial charge in [0.15, 0.2) is 0 Å². The van der Waals surface area contributed by atoms with Crippen LogP contribution in [0.2, 0.25) is 0 Å². The third kappa shape index (κ3) is 2.86. The van der Waals surface area contributed by atoms with E-state index in [2.05, 4.69) is 10.1 Å². The van der Waals surface area contributed by atoms with Gasteiger partial charge in [0.25, 0.3) is 0 Å². The number of rotatable bonds is 2. The Morgan fingerprint density at radius 3 is 3.09 bits per heavy atom. The van der Waals surface area contributed by atoms with E-state index in [1.54, 1.807) is 0 Å². The standard InChI is InChI=1S/C7H14N2O2/c1-11-7(10)5-9-4-2-3-8-6-9/h8H,2-6H2,1H3. The van der Waals surface area contributed by atoms with Gasteiger partial charge in [-0.25, -0.2) is 0 Å². The van der Waals surface area contributed by atoms with E-state index in [0.29, 0.717) is 6.54 Å². The lowest BCUT2D eigenvalue weighted by molar-refractivity contribution is -0.142. The number of nitrogens with one attached hydrogen (secondary N) is 1. The quantitative estimate of drug-likeness (QED) is 0.545. The normalized spacial score (nSPS) is 19.7. The fourth-order valence-electron chi connectivity index (χ4n) is 1.13. The molecule has 0 saturated carbocycles. The molecule has 0 amide bonds. The Hall–Kier alpha value is -0.610. The highest BCUT2D eigenvalue weighted by Crippen LogP contribution is 1.95. The third-order valence-corrected chi connectivity index (χ3v) is 1.74. The summed E-state index contributed by atoms with van der Waals surface area (Å²) < 4.78 is 4.54. The molecule has 0 aromatic heterocycles. The van der Waals surface area contributed by atoms with Crippen molar-refractivity contribution in [1.82, 2.24) is 10.2 Å². The van der Waals surface area contributed by atoms with Crippen LogP contribution in [0.15, 0.2) is 0 Å². The summed E-state index contributed by atoms with van der Waals surface area (Å²) >= 11 is 0. The van der Waals surface area contributed by atoms with Crippen molar-refractivity contribution in [3.8, 4) is 0 Å². The van der Waals surface area contributed by atoms with Gasteiger partial charge in [-0.15, -0.1) is 0 Å². The van der Waals surface area contributed by atoms with Crippen LogP contribution in [0, 0.1) is 0 Å². The van der Waals surface area contributed by atoms with E-state index >= 15 is 0 Å². The third-order valence-electron chi connectivity index (χ3n) is 1.74. The van der Waals surface area contributed by atoms with E-state index in [9.17, 15) is 4.79 Å². The summed E-state index contributed by atoms with van der Waals surface area (Å²) in [5, 5.41) is 3.18. The summed E-state index contributed by atoms with van der Waals surface area (Å²) in [7, 11) is 1.42. The molecule has 0 bridgehead atoms. The molecule has 0 radical (unpaired) electrons. The van der Waals surface area contributed by atoms with Gasteiger partial charge < -0.3 is 10.1 Å². The van der Waals surface area contributed by atoms with Crippen LogP contribution in [-0.4, -0.2) is 44.3 Å². The van der Waals surface area contributed by atoms with Gasteiger partial charge in [-0.1, -0.05) is 0 Å². The summed E-state index contributed by atoms with van der Waals surface area (Å²) in [6.45, 7) is 3.25. The van der Waals surface area contributed by atoms with Crippen molar-refractivity contribution in [2.24, 2.45) is 0 Å². The Morgan fingerprint density at radius 2 is 2.55 bits per heavy atom. The fraction of sp³-hybridized carbons (Fsp3) is 0.857. The molecule has 64 valence electrons. The maximum atomic E-state index is 10.8. The van der Waals surface area contributed by atoms with E-state index in [4.69, 9.17) is 0 Å². The molecule has 0 unspecified atom stereocenters. The molecule has 0 aromatic carbocycles. The highest BCUT2D eigenvalue weighted by molar-refractivity contribution is 5.71. The largest absolute Gasteiger partial charge is 0.468 e. The molecular formula is C7H14N2O2. The molecule has 4 heteroatoms. The Balaban J connectivity index is 2.19. The summed E-state index contributed by atoms with van der Waals surface area (Å²) in [5.74, 6) is -0.159. The van der Waals surface area contributed by atoms with Gasteiger partial charge in [0, 0.05) is 13.2 Å². The average Bonchev–Trinajstić information content (AvgIpc) is 2.06. The Kier molecular flexibility index (Phi) is 3.32. The number of nitrogens with zero attached hydrogens (tertiary/aromatic N) is 1. The van der Waals surface area contributed by atoms with Crippen LogP contribution in [-0.2, 0) is 9.53 Å². The Labute approximate surface area is 66.5 Å². The molecule has 1 saturated heterocycles. The molecule has 1 N–H and O–H groups in total. The summed E-state index contributed by atoms with van der Waals surface area (Å²) in [6.07, 6.45) is 1.11. The fourth-order valence-corrected chi connectivity index (χ4v) is 1.13. The summed E-state index contributed by atoms with van der Waals surface area (Å²) in [6, 6.07) is 0. The maximum absolute atomic E-state index is 10.8. The predicted octanol–water partition coefficient (Wildman–Crippen LogP) is -0.588. The van der Waals surface area contributed by atoms with Crippen LogP contribution >= 0.6 is 0 Å². The zero-order valence-corrected chi connectivity index (χ0v) is 6.80. The number of carbonyl (C=O) groups is 1. The van der Waals surface area contributed by atoms with Gasteiger partial charge >= 0.3 is 5.97 Å². The number of hydrogen-bond acceptors (Lipinski definition) is 4. The number of hydrogen-bond donors (Lipinski definition) is 1. The van der Waals surface area contributed by atoms with Crippen molar-refractivity contribution in [3.63, 3.8) is 0 Å². The SMILES string of the molecule is COC(=O)CN1CCCNC1. The number of methoxy groups -OCH3 is 1. The van der Waals surface area contributed by atoms with Gasteiger partial charge in [0.05, 0.1) is 13.7 Å². The first-order valence-electron chi connectivity index (χ1n) is 3.83. The Bertz CT molecular complexity index is 132. The molecule has 1 aliphatic heterocycles. The van der Waals surface area contributed by atoms with E-state index in [0.717, 1.165) is 26.2 Å². The molecule has 1 rings (SSSR count). The van der Waals surface area contributed by atoms with Crippen molar-refractivity contribution in [2.75, 3.05) is 33.4 Å². The first kappa shape index (κ1) is 8.49. The molecule has 0 aliphatic carbocycles. The van der Waals surface area contributed by atoms with E-state index in [1.165, 1.54) is 7.11 Å². The molecule has 0 atom stereocenters. The predicted molar refractivity (Wildman–Crippen MR) is 41.1 cm³/mol. The monoisotopic (exact) mass is 158 g/mol. The molecule has 1 heterocycles. The lowest BCUT2D eigenvalue weighted by Crippen LogP contribution is -2.44. The zero-order chi connectivity index (χ0) is 8.10. The van der Waals surface area contributed by atoms with Crippen LogP contribution in [0.1, 0.15) is 6.42 Å². The molecule has 1 aliphatic rings. The number of esters is 1. The van der Waals surface area contributed by atoms with Crippen LogP contribution in [0.5, 0.6) is 0 Å². The minimum Gasteiger partial charge on any atom is -0.468 e. The highest BCUT2D eigenvalue weighted by atomic mass is 16.5. The first-order chi connectivity index (χ1) is 5.33. The molecular weight excluding hydrogens is 144 g/mol. The second-order valence-corrected chi connectivity index (χ2v) is 2.64. The van der Waals surface area contributed by atoms with Crippen LogP contribution in [0.25, 0.3) is 0 Å². The van der Waals surface area contributed by atoms with Gasteiger partial charge in [-0.2, -0.15) is 0 Å². The summed E-state index contributed by atoms with van der Waals surface area (Å²) in [4.78, 5) is 12.8.